The number of aromatic nitrogens is 4. The maximum atomic E-state index is 15.2. The molecule has 1 aliphatic heterocycles. The van der Waals surface area contributed by atoms with Gasteiger partial charge in [-0.3, -0.25) is 0 Å². The van der Waals surface area contributed by atoms with E-state index in [0.717, 1.165) is 24.9 Å². The zero-order valence-corrected chi connectivity index (χ0v) is 22.7. The molecule has 0 amide bonds. The van der Waals surface area contributed by atoms with Crippen molar-refractivity contribution in [1.29, 1.82) is 0 Å². The van der Waals surface area contributed by atoms with E-state index in [1.54, 1.807) is 12.1 Å². The van der Waals surface area contributed by atoms with E-state index in [0.29, 0.717) is 6.61 Å². The third-order valence-electron chi connectivity index (χ3n) is 6.62. The Kier molecular flexibility index (Phi) is 7.67. The van der Waals surface area contributed by atoms with E-state index >= 15 is 4.39 Å². The zero-order valence-electron chi connectivity index (χ0n) is 22.7. The molecule has 10 heteroatoms. The van der Waals surface area contributed by atoms with Crippen molar-refractivity contribution in [2.75, 3.05) is 20.2 Å². The van der Waals surface area contributed by atoms with Crippen molar-refractivity contribution in [3.63, 3.8) is 0 Å². The highest BCUT2D eigenvalue weighted by Gasteiger charge is 2.28. The van der Waals surface area contributed by atoms with Gasteiger partial charge in [0.15, 0.2) is 0 Å². The number of aliphatic hydroxyl groups is 1. The molecule has 1 aliphatic rings. The Morgan fingerprint density at radius 1 is 1.10 bits per heavy atom. The number of hydrogen-bond donors (Lipinski definition) is 1. The second kappa shape index (κ2) is 11.2. The van der Waals surface area contributed by atoms with Crippen LogP contribution in [0.3, 0.4) is 0 Å². The van der Waals surface area contributed by atoms with Crippen LogP contribution in [0.4, 0.5) is 4.39 Å². The van der Waals surface area contributed by atoms with Crippen LogP contribution in [-0.4, -0.2) is 61.4 Å². The molecule has 1 saturated heterocycles. The van der Waals surface area contributed by atoms with E-state index in [1.807, 2.05) is 51.1 Å². The van der Waals surface area contributed by atoms with Crippen LogP contribution in [-0.2, 0) is 6.61 Å². The van der Waals surface area contributed by atoms with E-state index < -0.39 is 17.5 Å². The van der Waals surface area contributed by atoms with Gasteiger partial charge in [-0.1, -0.05) is 36.4 Å². The average Bonchev–Trinajstić information content (AvgIpc) is 3.51. The summed E-state index contributed by atoms with van der Waals surface area (Å²) in [5.41, 5.74) is 0.841. The van der Waals surface area contributed by atoms with Gasteiger partial charge in [-0.25, -0.2) is 13.9 Å². The fraction of sp³-hybridized carbons (Fsp3) is 0.414. The highest BCUT2D eigenvalue weighted by atomic mass is 19.1. The van der Waals surface area contributed by atoms with Crippen LogP contribution in [0.5, 0.6) is 17.6 Å². The Bertz CT molecular complexity index is 1420. The quantitative estimate of drug-likeness (QED) is 0.333. The first kappa shape index (κ1) is 26.8. The van der Waals surface area contributed by atoms with Crippen molar-refractivity contribution in [2.45, 2.75) is 58.0 Å². The van der Waals surface area contributed by atoms with E-state index in [4.69, 9.17) is 14.2 Å². The second-order valence-corrected chi connectivity index (χ2v) is 10.7. The number of nitrogens with zero attached hydrogens (tertiary/aromatic N) is 5. The number of hydrogen-bond acceptors (Lipinski definition) is 8. The van der Waals surface area contributed by atoms with Gasteiger partial charge < -0.3 is 24.2 Å². The maximum absolute atomic E-state index is 15.2. The van der Waals surface area contributed by atoms with Gasteiger partial charge in [-0.15, -0.1) is 5.10 Å². The SMILES string of the molecule is CN1CCC[C@H]1COc1nc(OC(C)(C)C)c2ncc(C(O)c3c(F)cccc3OCc3ccccc3)n2n1. The standard InChI is InChI=1S/C29H34FN5O4/c1-29(2,3)39-27-26-31-16-22(35(26)33-28(32-27)38-18-20-12-9-15-34(20)4)25(36)24-21(30)13-8-14-23(24)37-17-19-10-6-5-7-11-19/h5-8,10-11,13-14,16,20,25,36H,9,12,15,17-18H2,1-4H3/t20-,25?/m0/s1. The van der Waals surface area contributed by atoms with Crippen LogP contribution >= 0.6 is 0 Å². The Balaban J connectivity index is 1.50. The van der Waals surface area contributed by atoms with Crippen LogP contribution in [0.15, 0.2) is 54.7 Å². The van der Waals surface area contributed by atoms with Gasteiger partial charge in [0.05, 0.1) is 17.5 Å². The lowest BCUT2D eigenvalue weighted by Crippen LogP contribution is -2.31. The average molecular weight is 536 g/mol. The van der Waals surface area contributed by atoms with Crippen molar-refractivity contribution in [3.8, 4) is 17.6 Å². The Morgan fingerprint density at radius 2 is 1.90 bits per heavy atom. The van der Waals surface area contributed by atoms with Crippen LogP contribution in [0, 0.1) is 5.82 Å². The van der Waals surface area contributed by atoms with Crippen LogP contribution < -0.4 is 14.2 Å². The predicted molar refractivity (Wildman–Crippen MR) is 144 cm³/mol. The molecule has 0 radical (unpaired) electrons. The van der Waals surface area contributed by atoms with Gasteiger partial charge in [0.25, 0.3) is 5.88 Å². The zero-order chi connectivity index (χ0) is 27.6. The smallest absolute Gasteiger partial charge is 0.337 e. The van der Waals surface area contributed by atoms with Crippen molar-refractivity contribution in [3.05, 3.63) is 77.4 Å². The molecule has 2 aromatic heterocycles. The molecule has 2 atom stereocenters. The van der Waals surface area contributed by atoms with E-state index in [9.17, 15) is 5.11 Å². The summed E-state index contributed by atoms with van der Waals surface area (Å²) in [6.45, 7) is 7.34. The minimum absolute atomic E-state index is 0.0119. The van der Waals surface area contributed by atoms with Gasteiger partial charge in [-0.05, 0) is 64.9 Å². The molecule has 0 spiro atoms. The fourth-order valence-corrected chi connectivity index (χ4v) is 4.61. The minimum atomic E-state index is -1.43. The predicted octanol–water partition coefficient (Wildman–Crippen LogP) is 4.57. The van der Waals surface area contributed by atoms with Crippen molar-refractivity contribution in [2.24, 2.45) is 0 Å². The molecule has 1 fully saturated rings. The number of fused-ring (bicyclic) bond motifs is 1. The lowest BCUT2D eigenvalue weighted by atomic mass is 10.1. The first-order chi connectivity index (χ1) is 18.7. The number of likely N-dealkylation sites (tertiary alicyclic amines) is 1. The van der Waals surface area contributed by atoms with Crippen LogP contribution in [0.1, 0.15) is 56.5 Å². The molecular formula is C29H34FN5O4. The largest absolute Gasteiger partial charge is 0.488 e. The molecule has 3 heterocycles. The second-order valence-electron chi connectivity index (χ2n) is 10.7. The Hall–Kier alpha value is -3.76. The van der Waals surface area contributed by atoms with E-state index in [2.05, 4.69) is 27.0 Å². The summed E-state index contributed by atoms with van der Waals surface area (Å²) in [6.07, 6.45) is 2.14. The summed E-state index contributed by atoms with van der Waals surface area (Å²) in [5, 5.41) is 16.0. The van der Waals surface area contributed by atoms with E-state index in [-0.39, 0.29) is 47.2 Å². The number of aliphatic hydroxyl groups excluding tert-OH is 1. The molecule has 39 heavy (non-hydrogen) atoms. The molecule has 0 saturated carbocycles. The number of ether oxygens (including phenoxy) is 3. The molecular weight excluding hydrogens is 501 g/mol. The van der Waals surface area contributed by atoms with Gasteiger partial charge >= 0.3 is 6.01 Å². The Morgan fingerprint density at radius 3 is 2.62 bits per heavy atom. The third-order valence-corrected chi connectivity index (χ3v) is 6.62. The van der Waals surface area contributed by atoms with Gasteiger partial charge in [0, 0.05) is 6.04 Å². The van der Waals surface area contributed by atoms with Gasteiger partial charge in [0.2, 0.25) is 5.65 Å². The molecule has 9 nitrogen and oxygen atoms in total. The number of benzene rings is 2. The molecule has 0 aliphatic carbocycles. The first-order valence-corrected chi connectivity index (χ1v) is 13.1. The summed E-state index contributed by atoms with van der Waals surface area (Å²) in [4.78, 5) is 11.1. The molecule has 4 aromatic rings. The maximum Gasteiger partial charge on any atom is 0.337 e. The minimum Gasteiger partial charge on any atom is -0.488 e. The molecule has 206 valence electrons. The lowest BCUT2D eigenvalue weighted by molar-refractivity contribution is 0.121. The Labute approximate surface area is 227 Å². The normalized spacial score (nSPS) is 16.9. The summed E-state index contributed by atoms with van der Waals surface area (Å²) in [6, 6.07) is 14.3. The van der Waals surface area contributed by atoms with Crippen molar-refractivity contribution < 1.29 is 23.7 Å². The van der Waals surface area contributed by atoms with Crippen molar-refractivity contribution >= 4 is 5.65 Å². The highest BCUT2D eigenvalue weighted by Crippen LogP contribution is 2.34. The summed E-state index contributed by atoms with van der Waals surface area (Å²) in [5.74, 6) is -0.175. The van der Waals surface area contributed by atoms with Crippen LogP contribution in [0.25, 0.3) is 5.65 Å². The highest BCUT2D eigenvalue weighted by molar-refractivity contribution is 5.52. The van der Waals surface area contributed by atoms with Crippen molar-refractivity contribution in [1.82, 2.24) is 24.5 Å². The topological polar surface area (TPSA) is 94.2 Å². The third kappa shape index (κ3) is 6.12. The number of likely N-dealkylation sites (N-methyl/N-ethyl adjacent to an activating group) is 1. The van der Waals surface area contributed by atoms with Gasteiger partial charge in [0.1, 0.15) is 36.5 Å². The lowest BCUT2D eigenvalue weighted by Gasteiger charge is -2.22. The number of halogens is 1. The first-order valence-electron chi connectivity index (χ1n) is 13.1. The number of rotatable bonds is 9. The molecule has 0 bridgehead atoms. The fourth-order valence-electron chi connectivity index (χ4n) is 4.61. The number of imidazole rings is 1. The molecule has 1 unspecified atom stereocenters. The summed E-state index contributed by atoms with van der Waals surface area (Å²) >= 11 is 0. The molecule has 2 aromatic carbocycles. The van der Waals surface area contributed by atoms with Gasteiger partial charge in [-0.2, -0.15) is 4.98 Å². The molecule has 5 rings (SSSR count). The molecule has 1 N–H and O–H groups in total. The monoisotopic (exact) mass is 535 g/mol. The summed E-state index contributed by atoms with van der Waals surface area (Å²) in [7, 11) is 2.06. The van der Waals surface area contributed by atoms with E-state index in [1.165, 1.54) is 16.8 Å². The van der Waals surface area contributed by atoms with Crippen LogP contribution in [0.2, 0.25) is 0 Å². The summed E-state index contributed by atoms with van der Waals surface area (Å²) < 4.78 is 34.6.